The zero-order valence-corrected chi connectivity index (χ0v) is 8.71. The number of halogens is 1. The zero-order chi connectivity index (χ0) is 8.27. The Balaban J connectivity index is 2.79. The summed E-state index contributed by atoms with van der Waals surface area (Å²) >= 11 is 8.41. The molecule has 0 saturated heterocycles. The Labute approximate surface area is 80.8 Å². The molecule has 0 saturated carbocycles. The van der Waals surface area contributed by atoms with Gasteiger partial charge in [-0.15, -0.1) is 0 Å². The molecule has 0 radical (unpaired) electrons. The Hall–Kier alpha value is -0.210. The van der Waals surface area contributed by atoms with Gasteiger partial charge in [0, 0.05) is 10.9 Å². The third-order valence-electron chi connectivity index (χ3n) is 1.34. The van der Waals surface area contributed by atoms with Gasteiger partial charge in [-0.05, 0) is 29.5 Å². The highest BCUT2D eigenvalue weighted by Gasteiger charge is 1.93. The van der Waals surface area contributed by atoms with Crippen LogP contribution in [0.1, 0.15) is 12.5 Å². The molecule has 0 aliphatic heterocycles. The van der Waals surface area contributed by atoms with Crippen molar-refractivity contribution in [1.82, 2.24) is 0 Å². The van der Waals surface area contributed by atoms with Gasteiger partial charge in [0.15, 0.2) is 0 Å². The normalized spacial score (nSPS) is 9.64. The summed E-state index contributed by atoms with van der Waals surface area (Å²) in [5, 5.41) is 0. The van der Waals surface area contributed by atoms with Gasteiger partial charge in [0.05, 0.1) is 0 Å². The molecule has 0 atom stereocenters. The van der Waals surface area contributed by atoms with E-state index < -0.39 is 0 Å². The molecule has 0 amide bonds. The van der Waals surface area contributed by atoms with Gasteiger partial charge in [0.2, 0.25) is 0 Å². The van der Waals surface area contributed by atoms with E-state index in [4.69, 9.17) is 12.2 Å². The van der Waals surface area contributed by atoms with Gasteiger partial charge in [0.1, 0.15) is 0 Å². The van der Waals surface area contributed by atoms with Crippen molar-refractivity contribution >= 4 is 33.0 Å². The van der Waals surface area contributed by atoms with Crippen molar-refractivity contribution in [2.24, 2.45) is 0 Å². The predicted octanol–water partition coefficient (Wildman–Crippen LogP) is 3.38. The molecule has 0 bridgehead atoms. The van der Waals surface area contributed by atoms with Crippen LogP contribution in [0.5, 0.6) is 0 Å². The molecule has 1 rings (SSSR count). The third-order valence-corrected chi connectivity index (χ3v) is 1.98. The first-order valence-corrected chi connectivity index (χ1v) is 4.62. The fourth-order valence-electron chi connectivity index (χ4n) is 0.934. The van der Waals surface area contributed by atoms with Crippen molar-refractivity contribution < 1.29 is 0 Å². The lowest BCUT2D eigenvalue weighted by Gasteiger charge is -1.98. The van der Waals surface area contributed by atoms with Crippen LogP contribution in [0.15, 0.2) is 28.7 Å². The monoisotopic (exact) mass is 228 g/mol. The van der Waals surface area contributed by atoms with Crippen molar-refractivity contribution in [3.8, 4) is 0 Å². The fraction of sp³-hybridized carbons (Fsp3) is 0.222. The van der Waals surface area contributed by atoms with Gasteiger partial charge in [-0.3, -0.25) is 0 Å². The first-order chi connectivity index (χ1) is 5.18. The Morgan fingerprint density at radius 2 is 2.27 bits per heavy atom. The van der Waals surface area contributed by atoms with Crippen LogP contribution in [0, 0.1) is 0 Å². The van der Waals surface area contributed by atoms with Crippen LogP contribution in [-0.2, 0) is 6.42 Å². The van der Waals surface area contributed by atoms with Crippen molar-refractivity contribution in [3.05, 3.63) is 34.3 Å². The average Bonchev–Trinajstić information content (AvgIpc) is 1.85. The summed E-state index contributed by atoms with van der Waals surface area (Å²) in [5.74, 6) is 0. The maximum Gasteiger partial charge on any atom is 0.0178 e. The highest BCUT2D eigenvalue weighted by molar-refractivity contribution is 9.10. The molecular formula is C9H9BrS. The molecule has 1 aromatic carbocycles. The smallest absolute Gasteiger partial charge is 0.0178 e. The number of hydrogen-bond acceptors (Lipinski definition) is 1. The first kappa shape index (κ1) is 8.88. The minimum atomic E-state index is 0.898. The van der Waals surface area contributed by atoms with Crippen LogP contribution >= 0.6 is 28.1 Å². The topological polar surface area (TPSA) is 0 Å². The summed E-state index contributed by atoms with van der Waals surface area (Å²) in [6, 6.07) is 8.22. The number of benzene rings is 1. The predicted molar refractivity (Wildman–Crippen MR) is 56.1 cm³/mol. The molecule has 0 heterocycles. The minimum absolute atomic E-state index is 0.898. The standard InChI is InChI=1S/C9H9BrS/c1-7(11)5-8-3-2-4-9(10)6-8/h2-4,6H,5H2,1H3. The maximum atomic E-state index is 5.01. The second kappa shape index (κ2) is 3.98. The highest BCUT2D eigenvalue weighted by Crippen LogP contribution is 2.12. The van der Waals surface area contributed by atoms with E-state index in [0.29, 0.717) is 0 Å². The first-order valence-electron chi connectivity index (χ1n) is 3.42. The minimum Gasteiger partial charge on any atom is -0.0896 e. The van der Waals surface area contributed by atoms with Crippen LogP contribution in [0.25, 0.3) is 0 Å². The van der Waals surface area contributed by atoms with Crippen molar-refractivity contribution in [3.63, 3.8) is 0 Å². The van der Waals surface area contributed by atoms with E-state index in [2.05, 4.69) is 28.1 Å². The van der Waals surface area contributed by atoms with Gasteiger partial charge in [0.25, 0.3) is 0 Å². The van der Waals surface area contributed by atoms with Crippen molar-refractivity contribution in [2.45, 2.75) is 13.3 Å². The lowest BCUT2D eigenvalue weighted by Crippen LogP contribution is -1.92. The lowest BCUT2D eigenvalue weighted by molar-refractivity contribution is 1.33. The number of hydrogen-bond donors (Lipinski definition) is 0. The van der Waals surface area contributed by atoms with E-state index in [0.717, 1.165) is 15.8 Å². The summed E-state index contributed by atoms with van der Waals surface area (Å²) < 4.78 is 1.12. The molecule has 1 aromatic rings. The molecule has 11 heavy (non-hydrogen) atoms. The Kier molecular flexibility index (Phi) is 3.21. The quantitative estimate of drug-likeness (QED) is 0.700. The summed E-state index contributed by atoms with van der Waals surface area (Å²) in [4.78, 5) is 1.03. The highest BCUT2D eigenvalue weighted by atomic mass is 79.9. The molecular weight excluding hydrogens is 220 g/mol. The maximum absolute atomic E-state index is 5.01. The van der Waals surface area contributed by atoms with Crippen molar-refractivity contribution in [1.29, 1.82) is 0 Å². The molecule has 0 aliphatic rings. The molecule has 0 fully saturated rings. The SMILES string of the molecule is CC(=S)Cc1cccc(Br)c1. The molecule has 0 nitrogen and oxygen atoms in total. The van der Waals surface area contributed by atoms with Crippen LogP contribution in [0.2, 0.25) is 0 Å². The molecule has 0 N–H and O–H groups in total. The summed E-state index contributed by atoms with van der Waals surface area (Å²) in [5.41, 5.74) is 1.27. The van der Waals surface area contributed by atoms with Gasteiger partial charge in [-0.2, -0.15) is 0 Å². The van der Waals surface area contributed by atoms with E-state index in [-0.39, 0.29) is 0 Å². The summed E-state index contributed by atoms with van der Waals surface area (Å²) in [6.45, 7) is 1.97. The fourth-order valence-corrected chi connectivity index (χ4v) is 1.55. The summed E-state index contributed by atoms with van der Waals surface area (Å²) in [6.07, 6.45) is 0.898. The van der Waals surface area contributed by atoms with E-state index in [1.165, 1.54) is 5.56 Å². The molecule has 0 aliphatic carbocycles. The molecule has 58 valence electrons. The molecule has 0 spiro atoms. The van der Waals surface area contributed by atoms with Gasteiger partial charge in [-0.1, -0.05) is 40.3 Å². The lowest BCUT2D eigenvalue weighted by atomic mass is 10.1. The van der Waals surface area contributed by atoms with Gasteiger partial charge in [-0.25, -0.2) is 0 Å². The molecule has 0 unspecified atom stereocenters. The number of thiocarbonyl (C=S) groups is 1. The Morgan fingerprint density at radius 3 is 2.82 bits per heavy atom. The average molecular weight is 229 g/mol. The largest absolute Gasteiger partial charge is 0.0896 e. The van der Waals surface area contributed by atoms with Gasteiger partial charge < -0.3 is 0 Å². The van der Waals surface area contributed by atoms with E-state index in [1.54, 1.807) is 0 Å². The zero-order valence-electron chi connectivity index (χ0n) is 6.30. The van der Waals surface area contributed by atoms with E-state index in [9.17, 15) is 0 Å². The van der Waals surface area contributed by atoms with Crippen LogP contribution < -0.4 is 0 Å². The third kappa shape index (κ3) is 3.12. The second-order valence-corrected chi connectivity index (χ2v) is 4.12. The summed E-state index contributed by atoms with van der Waals surface area (Å²) in [7, 11) is 0. The second-order valence-electron chi connectivity index (χ2n) is 2.51. The Morgan fingerprint density at radius 1 is 1.55 bits per heavy atom. The van der Waals surface area contributed by atoms with E-state index in [1.807, 2.05) is 19.1 Å². The van der Waals surface area contributed by atoms with Crippen LogP contribution in [0.4, 0.5) is 0 Å². The Bertz CT molecular complexity index is 268. The van der Waals surface area contributed by atoms with Crippen LogP contribution in [0.3, 0.4) is 0 Å². The van der Waals surface area contributed by atoms with Gasteiger partial charge >= 0.3 is 0 Å². The van der Waals surface area contributed by atoms with Crippen LogP contribution in [-0.4, -0.2) is 4.86 Å². The molecule has 2 heteroatoms. The number of rotatable bonds is 2. The molecule has 0 aromatic heterocycles. The van der Waals surface area contributed by atoms with Crippen molar-refractivity contribution in [2.75, 3.05) is 0 Å². The van der Waals surface area contributed by atoms with E-state index >= 15 is 0 Å².